The van der Waals surface area contributed by atoms with Crippen molar-refractivity contribution in [2.75, 3.05) is 0 Å². The van der Waals surface area contributed by atoms with Gasteiger partial charge in [0, 0.05) is 15.7 Å². The average Bonchev–Trinajstić information content (AvgIpc) is 2.80. The average molecular weight is 339 g/mol. The normalized spacial score (nSPS) is 10.8. The SMILES string of the molecule is Clc1ccc(OCc2nnc3cc(Br)ccn23)cc1. The summed E-state index contributed by atoms with van der Waals surface area (Å²) in [5.41, 5.74) is 0.782. The third-order valence-corrected chi connectivity index (χ3v) is 3.37. The monoisotopic (exact) mass is 337 g/mol. The summed E-state index contributed by atoms with van der Waals surface area (Å²) in [7, 11) is 0. The van der Waals surface area contributed by atoms with Crippen molar-refractivity contribution < 1.29 is 4.74 Å². The van der Waals surface area contributed by atoms with Crippen LogP contribution in [0.15, 0.2) is 47.1 Å². The van der Waals surface area contributed by atoms with Gasteiger partial charge in [0.2, 0.25) is 0 Å². The Morgan fingerprint density at radius 2 is 1.95 bits per heavy atom. The van der Waals surface area contributed by atoms with Crippen LogP contribution in [0.5, 0.6) is 5.75 Å². The molecule has 6 heteroatoms. The number of ether oxygens (including phenoxy) is 1. The molecule has 0 atom stereocenters. The fourth-order valence-electron chi connectivity index (χ4n) is 1.69. The minimum absolute atomic E-state index is 0.352. The van der Waals surface area contributed by atoms with Gasteiger partial charge in [-0.1, -0.05) is 27.5 Å². The number of hydrogen-bond acceptors (Lipinski definition) is 3. The summed E-state index contributed by atoms with van der Waals surface area (Å²) in [5, 5.41) is 8.88. The van der Waals surface area contributed by atoms with Crippen molar-refractivity contribution >= 4 is 33.2 Å². The van der Waals surface area contributed by atoms with E-state index in [9.17, 15) is 0 Å². The van der Waals surface area contributed by atoms with Gasteiger partial charge in [0.25, 0.3) is 0 Å². The third kappa shape index (κ3) is 2.72. The van der Waals surface area contributed by atoms with Crippen LogP contribution in [0.25, 0.3) is 5.65 Å². The molecule has 3 rings (SSSR count). The number of benzene rings is 1. The van der Waals surface area contributed by atoms with Crippen LogP contribution >= 0.6 is 27.5 Å². The standard InChI is InChI=1S/C13H9BrClN3O/c14-9-5-6-18-12(7-9)16-17-13(18)8-19-11-3-1-10(15)2-4-11/h1-7H,8H2. The van der Waals surface area contributed by atoms with Crippen LogP contribution in [0.4, 0.5) is 0 Å². The Morgan fingerprint density at radius 1 is 1.16 bits per heavy atom. The zero-order chi connectivity index (χ0) is 13.2. The van der Waals surface area contributed by atoms with E-state index in [4.69, 9.17) is 16.3 Å². The number of aromatic nitrogens is 3. The lowest BCUT2D eigenvalue weighted by Gasteiger charge is -2.04. The van der Waals surface area contributed by atoms with Gasteiger partial charge in [0.05, 0.1) is 0 Å². The molecule has 0 aliphatic carbocycles. The van der Waals surface area contributed by atoms with Gasteiger partial charge in [-0.15, -0.1) is 10.2 Å². The molecular formula is C13H9BrClN3O. The van der Waals surface area contributed by atoms with Crippen LogP contribution in [-0.4, -0.2) is 14.6 Å². The summed E-state index contributed by atoms with van der Waals surface area (Å²) in [6.45, 7) is 0.352. The summed E-state index contributed by atoms with van der Waals surface area (Å²) in [6, 6.07) is 11.1. The minimum Gasteiger partial charge on any atom is -0.486 e. The van der Waals surface area contributed by atoms with Crippen molar-refractivity contribution in [1.29, 1.82) is 0 Å². The van der Waals surface area contributed by atoms with E-state index >= 15 is 0 Å². The Balaban J connectivity index is 1.80. The summed E-state index contributed by atoms with van der Waals surface area (Å²) in [4.78, 5) is 0. The first-order valence-electron chi connectivity index (χ1n) is 5.60. The van der Waals surface area contributed by atoms with E-state index in [0.29, 0.717) is 11.6 Å². The van der Waals surface area contributed by atoms with Gasteiger partial charge in [0.15, 0.2) is 11.5 Å². The van der Waals surface area contributed by atoms with Gasteiger partial charge in [-0.2, -0.15) is 0 Å². The van der Waals surface area contributed by atoms with E-state index < -0.39 is 0 Å². The summed E-state index contributed by atoms with van der Waals surface area (Å²) >= 11 is 9.22. The van der Waals surface area contributed by atoms with Crippen LogP contribution in [0.2, 0.25) is 5.02 Å². The molecule has 0 amide bonds. The van der Waals surface area contributed by atoms with E-state index in [0.717, 1.165) is 21.7 Å². The maximum absolute atomic E-state index is 5.82. The lowest BCUT2D eigenvalue weighted by Crippen LogP contribution is -2.01. The van der Waals surface area contributed by atoms with Crippen LogP contribution < -0.4 is 4.74 Å². The van der Waals surface area contributed by atoms with Crippen LogP contribution in [0, 0.1) is 0 Å². The van der Waals surface area contributed by atoms with E-state index in [1.165, 1.54) is 0 Å². The molecule has 0 aliphatic heterocycles. The topological polar surface area (TPSA) is 39.4 Å². The maximum Gasteiger partial charge on any atom is 0.175 e. The number of halogens is 2. The maximum atomic E-state index is 5.82. The fourth-order valence-corrected chi connectivity index (χ4v) is 2.14. The van der Waals surface area contributed by atoms with Crippen molar-refractivity contribution in [2.45, 2.75) is 6.61 Å². The molecule has 0 bridgehead atoms. The molecule has 2 heterocycles. The van der Waals surface area contributed by atoms with E-state index in [1.54, 1.807) is 12.1 Å². The Hall–Kier alpha value is -1.59. The van der Waals surface area contributed by atoms with Crippen molar-refractivity contribution in [3.8, 4) is 5.75 Å². The molecule has 4 nitrogen and oxygen atoms in total. The number of rotatable bonds is 3. The molecule has 3 aromatic rings. The Bertz CT molecular complexity index is 711. The summed E-state index contributed by atoms with van der Waals surface area (Å²) in [5.74, 6) is 1.50. The molecule has 96 valence electrons. The Kier molecular flexibility index (Phi) is 3.40. The van der Waals surface area contributed by atoms with Crippen molar-refractivity contribution in [3.05, 3.63) is 57.9 Å². The largest absolute Gasteiger partial charge is 0.486 e. The highest BCUT2D eigenvalue weighted by Gasteiger charge is 2.06. The Morgan fingerprint density at radius 3 is 2.74 bits per heavy atom. The van der Waals surface area contributed by atoms with E-state index in [1.807, 2.05) is 34.9 Å². The van der Waals surface area contributed by atoms with Crippen molar-refractivity contribution in [2.24, 2.45) is 0 Å². The second-order valence-corrected chi connectivity index (χ2v) is 5.28. The second-order valence-electron chi connectivity index (χ2n) is 3.93. The molecule has 0 saturated carbocycles. The first-order valence-corrected chi connectivity index (χ1v) is 6.77. The predicted octanol–water partition coefficient (Wildman–Crippen LogP) is 3.72. The third-order valence-electron chi connectivity index (χ3n) is 2.62. The zero-order valence-electron chi connectivity index (χ0n) is 9.75. The van der Waals surface area contributed by atoms with Gasteiger partial charge in [-0.25, -0.2) is 0 Å². The fraction of sp³-hybridized carbons (Fsp3) is 0.0769. The highest BCUT2D eigenvalue weighted by Crippen LogP contribution is 2.17. The quantitative estimate of drug-likeness (QED) is 0.730. The summed E-state index contributed by atoms with van der Waals surface area (Å²) < 4.78 is 8.51. The molecule has 0 N–H and O–H groups in total. The molecule has 19 heavy (non-hydrogen) atoms. The highest BCUT2D eigenvalue weighted by molar-refractivity contribution is 9.10. The predicted molar refractivity (Wildman–Crippen MR) is 76.5 cm³/mol. The Labute approximate surface area is 123 Å². The van der Waals surface area contributed by atoms with E-state index in [2.05, 4.69) is 26.1 Å². The molecule has 0 unspecified atom stereocenters. The van der Waals surface area contributed by atoms with Gasteiger partial charge in [0.1, 0.15) is 12.4 Å². The zero-order valence-corrected chi connectivity index (χ0v) is 12.1. The van der Waals surface area contributed by atoms with Crippen LogP contribution in [0.1, 0.15) is 5.82 Å². The molecule has 2 aromatic heterocycles. The number of nitrogens with zero attached hydrogens (tertiary/aromatic N) is 3. The first-order chi connectivity index (χ1) is 9.22. The van der Waals surface area contributed by atoms with Crippen LogP contribution in [-0.2, 0) is 6.61 Å². The molecule has 0 spiro atoms. The molecule has 0 radical (unpaired) electrons. The van der Waals surface area contributed by atoms with Gasteiger partial charge in [-0.3, -0.25) is 4.40 Å². The highest BCUT2D eigenvalue weighted by atomic mass is 79.9. The van der Waals surface area contributed by atoms with Gasteiger partial charge < -0.3 is 4.74 Å². The smallest absolute Gasteiger partial charge is 0.175 e. The number of pyridine rings is 1. The van der Waals surface area contributed by atoms with Crippen LogP contribution in [0.3, 0.4) is 0 Å². The molecule has 0 aliphatic rings. The molecule has 0 fully saturated rings. The second kappa shape index (κ2) is 5.19. The van der Waals surface area contributed by atoms with Gasteiger partial charge >= 0.3 is 0 Å². The molecular weight excluding hydrogens is 330 g/mol. The minimum atomic E-state index is 0.352. The number of fused-ring (bicyclic) bond motifs is 1. The lowest BCUT2D eigenvalue weighted by molar-refractivity contribution is 0.294. The first kappa shape index (κ1) is 12.4. The van der Waals surface area contributed by atoms with Crippen molar-refractivity contribution in [3.63, 3.8) is 0 Å². The van der Waals surface area contributed by atoms with Crippen molar-refractivity contribution in [1.82, 2.24) is 14.6 Å². The lowest BCUT2D eigenvalue weighted by atomic mass is 10.3. The molecule has 1 aromatic carbocycles. The van der Waals surface area contributed by atoms with E-state index in [-0.39, 0.29) is 0 Å². The number of hydrogen-bond donors (Lipinski definition) is 0. The summed E-state index contributed by atoms with van der Waals surface area (Å²) in [6.07, 6.45) is 1.90. The molecule has 0 saturated heterocycles. The van der Waals surface area contributed by atoms with Gasteiger partial charge in [-0.05, 0) is 36.4 Å².